The first-order valence-electron chi connectivity index (χ1n) is 9.10. The number of nitro benzene ring substituents is 1. The van der Waals surface area contributed by atoms with Crippen LogP contribution >= 0.6 is 11.6 Å². The number of benzene rings is 2. The van der Waals surface area contributed by atoms with Gasteiger partial charge in [-0.1, -0.05) is 29.8 Å². The number of nitrogens with zero attached hydrogens (tertiary/aromatic N) is 3. The number of hydrogen-bond acceptors (Lipinski definition) is 5. The number of hydrogen-bond donors (Lipinski definition) is 2. The normalized spacial score (nSPS) is 16.2. The fourth-order valence-electron chi connectivity index (χ4n) is 3.62. The number of aromatic nitrogens is 2. The van der Waals surface area contributed by atoms with Gasteiger partial charge in [0.1, 0.15) is 11.5 Å². The van der Waals surface area contributed by atoms with Crippen molar-refractivity contribution in [1.29, 1.82) is 0 Å². The van der Waals surface area contributed by atoms with Gasteiger partial charge in [0.25, 0.3) is 11.6 Å². The quantitative estimate of drug-likeness (QED) is 0.379. The van der Waals surface area contributed by atoms with Gasteiger partial charge in [0.2, 0.25) is 0 Å². The van der Waals surface area contributed by atoms with Gasteiger partial charge in [0.05, 0.1) is 22.9 Å². The topological polar surface area (TPSA) is 118 Å². The van der Waals surface area contributed by atoms with Crippen molar-refractivity contribution in [2.24, 2.45) is 0 Å². The average molecular weight is 412 g/mol. The molecule has 0 bridgehead atoms. The molecule has 4 rings (SSSR count). The van der Waals surface area contributed by atoms with Gasteiger partial charge in [0.15, 0.2) is 0 Å². The molecular formula is C20H18ClN5O3. The fourth-order valence-corrected chi connectivity index (χ4v) is 3.85. The molecule has 2 heterocycles. The summed E-state index contributed by atoms with van der Waals surface area (Å²) >= 11 is 6.26. The highest BCUT2D eigenvalue weighted by molar-refractivity contribution is 6.33. The van der Waals surface area contributed by atoms with Crippen LogP contribution in [0.1, 0.15) is 35.1 Å². The zero-order valence-corrected chi connectivity index (χ0v) is 16.1. The minimum absolute atomic E-state index is 0.0277. The van der Waals surface area contributed by atoms with Crippen molar-refractivity contribution in [3.63, 3.8) is 0 Å². The number of aromatic amines is 1. The van der Waals surface area contributed by atoms with E-state index in [9.17, 15) is 14.9 Å². The molecule has 0 aliphatic carbocycles. The van der Waals surface area contributed by atoms with Crippen LogP contribution in [-0.4, -0.2) is 32.2 Å². The molecule has 9 heteroatoms. The molecule has 0 unspecified atom stereocenters. The fraction of sp³-hybridized carbons (Fsp3) is 0.200. The summed E-state index contributed by atoms with van der Waals surface area (Å²) in [7, 11) is 0. The van der Waals surface area contributed by atoms with Crippen molar-refractivity contribution < 1.29 is 9.72 Å². The number of halogens is 1. The van der Waals surface area contributed by atoms with E-state index in [1.165, 1.54) is 18.2 Å². The van der Waals surface area contributed by atoms with Crippen LogP contribution in [0.2, 0.25) is 5.02 Å². The second-order valence-corrected chi connectivity index (χ2v) is 7.26. The Bertz CT molecular complexity index is 1100. The third-order valence-corrected chi connectivity index (χ3v) is 5.39. The van der Waals surface area contributed by atoms with Crippen LogP contribution in [0.25, 0.3) is 11.3 Å². The molecule has 1 amide bonds. The van der Waals surface area contributed by atoms with Crippen LogP contribution in [0.5, 0.6) is 0 Å². The highest BCUT2D eigenvalue weighted by Crippen LogP contribution is 2.34. The van der Waals surface area contributed by atoms with Crippen molar-refractivity contribution in [2.45, 2.75) is 18.9 Å². The van der Waals surface area contributed by atoms with Crippen molar-refractivity contribution in [2.75, 3.05) is 12.3 Å². The van der Waals surface area contributed by atoms with Crippen LogP contribution in [0, 0.1) is 10.1 Å². The number of anilines is 1. The van der Waals surface area contributed by atoms with Gasteiger partial charge in [-0.25, -0.2) is 4.98 Å². The Kier molecular flexibility index (Phi) is 4.94. The van der Waals surface area contributed by atoms with Gasteiger partial charge < -0.3 is 15.6 Å². The van der Waals surface area contributed by atoms with Crippen LogP contribution in [0.15, 0.2) is 48.7 Å². The van der Waals surface area contributed by atoms with Crippen molar-refractivity contribution in [3.8, 4) is 11.3 Å². The smallest absolute Gasteiger partial charge is 0.292 e. The summed E-state index contributed by atoms with van der Waals surface area (Å²) in [6.07, 6.45) is 3.26. The maximum Gasteiger partial charge on any atom is 0.292 e. The molecular weight excluding hydrogens is 394 g/mol. The molecule has 0 saturated carbocycles. The van der Waals surface area contributed by atoms with E-state index < -0.39 is 4.92 Å². The third kappa shape index (κ3) is 3.54. The molecule has 8 nitrogen and oxygen atoms in total. The van der Waals surface area contributed by atoms with E-state index >= 15 is 0 Å². The molecule has 1 aliphatic heterocycles. The number of likely N-dealkylation sites (tertiary alicyclic amines) is 1. The molecule has 3 aromatic rings. The number of nitrogens with one attached hydrogen (secondary N) is 1. The summed E-state index contributed by atoms with van der Waals surface area (Å²) in [5, 5.41) is 11.8. The first-order valence-corrected chi connectivity index (χ1v) is 9.48. The molecule has 2 aromatic carbocycles. The lowest BCUT2D eigenvalue weighted by molar-refractivity contribution is -0.383. The maximum absolute atomic E-state index is 13.0. The summed E-state index contributed by atoms with van der Waals surface area (Å²) in [4.78, 5) is 33.0. The molecule has 1 fully saturated rings. The lowest BCUT2D eigenvalue weighted by Crippen LogP contribution is -2.31. The van der Waals surface area contributed by atoms with Crippen molar-refractivity contribution in [1.82, 2.24) is 14.9 Å². The minimum Gasteiger partial charge on any atom is -0.393 e. The molecule has 0 spiro atoms. The number of imidazole rings is 1. The Balaban J connectivity index is 1.62. The molecule has 0 radical (unpaired) electrons. The molecule has 3 N–H and O–H groups in total. The number of nitro groups is 1. The number of amides is 1. The lowest BCUT2D eigenvalue weighted by Gasteiger charge is -2.23. The summed E-state index contributed by atoms with van der Waals surface area (Å²) in [5.74, 6) is 0.377. The van der Waals surface area contributed by atoms with Crippen LogP contribution in [0.3, 0.4) is 0 Å². The number of nitrogen functional groups attached to an aromatic ring is 1. The summed E-state index contributed by atoms with van der Waals surface area (Å²) in [5.41, 5.74) is 7.23. The molecule has 1 saturated heterocycles. The number of carbonyl (C=O) groups is 1. The zero-order valence-electron chi connectivity index (χ0n) is 15.3. The minimum atomic E-state index is -0.587. The standard InChI is InChI=1S/C20H18ClN5O3/c21-14-5-2-1-4-13(14)16-11-23-19(24-16)17-6-3-9-25(17)20(27)12-7-8-15(22)18(10-12)26(28)29/h1-2,4-5,7-8,10-11,17H,3,6,9,22H2,(H,23,24)/t17-/m1/s1. The zero-order chi connectivity index (χ0) is 20.5. The van der Waals surface area contributed by atoms with Gasteiger partial charge in [-0.05, 0) is 31.0 Å². The van der Waals surface area contributed by atoms with E-state index in [0.29, 0.717) is 17.4 Å². The van der Waals surface area contributed by atoms with Crippen molar-refractivity contribution >= 4 is 28.9 Å². The van der Waals surface area contributed by atoms with Gasteiger partial charge in [-0.3, -0.25) is 14.9 Å². The molecule has 148 valence electrons. The average Bonchev–Trinajstić information content (AvgIpc) is 3.37. The molecule has 1 aliphatic rings. The monoisotopic (exact) mass is 411 g/mol. The molecule has 1 atom stereocenters. The second kappa shape index (κ2) is 7.56. The number of H-pyrrole nitrogens is 1. The van der Waals surface area contributed by atoms with Gasteiger partial charge in [0, 0.05) is 28.8 Å². The number of carbonyl (C=O) groups excluding carboxylic acids is 1. The predicted octanol–water partition coefficient (Wildman–Crippen LogP) is 4.20. The second-order valence-electron chi connectivity index (χ2n) is 6.85. The first-order chi connectivity index (χ1) is 14.0. The van der Waals surface area contributed by atoms with E-state index in [2.05, 4.69) is 9.97 Å². The highest BCUT2D eigenvalue weighted by Gasteiger charge is 2.33. The van der Waals surface area contributed by atoms with Gasteiger partial charge >= 0.3 is 0 Å². The van der Waals surface area contributed by atoms with Crippen molar-refractivity contribution in [3.05, 3.63) is 75.2 Å². The van der Waals surface area contributed by atoms with E-state index in [1.54, 1.807) is 17.2 Å². The van der Waals surface area contributed by atoms with E-state index in [-0.39, 0.29) is 28.9 Å². The van der Waals surface area contributed by atoms with Crippen LogP contribution in [0.4, 0.5) is 11.4 Å². The van der Waals surface area contributed by atoms with E-state index in [1.807, 2.05) is 18.2 Å². The Morgan fingerprint density at radius 3 is 2.86 bits per heavy atom. The Labute approximate surface area is 171 Å². The maximum atomic E-state index is 13.0. The van der Waals surface area contributed by atoms with E-state index in [0.717, 1.165) is 24.1 Å². The SMILES string of the molecule is Nc1ccc(C(=O)N2CCC[C@@H]2c2ncc(-c3ccccc3Cl)[nH]2)cc1[N+](=O)[O-]. The van der Waals surface area contributed by atoms with Gasteiger partial charge in [-0.15, -0.1) is 0 Å². The Morgan fingerprint density at radius 2 is 2.10 bits per heavy atom. The molecule has 1 aromatic heterocycles. The number of nitrogens with two attached hydrogens (primary N) is 1. The number of rotatable bonds is 4. The summed E-state index contributed by atoms with van der Waals surface area (Å²) in [6, 6.07) is 11.3. The van der Waals surface area contributed by atoms with Crippen LogP contribution in [-0.2, 0) is 0 Å². The predicted molar refractivity (Wildman–Crippen MR) is 110 cm³/mol. The first kappa shape index (κ1) is 18.9. The molecule has 29 heavy (non-hydrogen) atoms. The Hall–Kier alpha value is -3.39. The largest absolute Gasteiger partial charge is 0.393 e. The summed E-state index contributed by atoms with van der Waals surface area (Å²) < 4.78 is 0. The summed E-state index contributed by atoms with van der Waals surface area (Å²) in [6.45, 7) is 0.545. The Morgan fingerprint density at radius 1 is 1.31 bits per heavy atom. The van der Waals surface area contributed by atoms with Gasteiger partial charge in [-0.2, -0.15) is 0 Å². The van der Waals surface area contributed by atoms with E-state index in [4.69, 9.17) is 17.3 Å². The lowest BCUT2D eigenvalue weighted by atomic mass is 10.1. The van der Waals surface area contributed by atoms with Crippen LogP contribution < -0.4 is 5.73 Å². The highest BCUT2D eigenvalue weighted by atomic mass is 35.5. The third-order valence-electron chi connectivity index (χ3n) is 5.06.